The quantitative estimate of drug-likeness (QED) is 0.798. The maximum atomic E-state index is 12.8. The van der Waals surface area contributed by atoms with Crippen LogP contribution in [0, 0.1) is 0 Å². The van der Waals surface area contributed by atoms with Gasteiger partial charge < -0.3 is 9.47 Å². The van der Waals surface area contributed by atoms with Crippen molar-refractivity contribution in [3.05, 3.63) is 53.6 Å². The number of carbonyl (C=O) groups is 1. The molecule has 0 N–H and O–H groups in total. The summed E-state index contributed by atoms with van der Waals surface area (Å²) in [4.78, 5) is 11.6. The Morgan fingerprint density at radius 3 is 2.27 bits per heavy atom. The molecule has 0 aliphatic carbocycles. The zero-order chi connectivity index (χ0) is 16.3. The number of ether oxygens (including phenoxy) is 2. The number of esters is 1. The van der Waals surface area contributed by atoms with Crippen LogP contribution in [0.15, 0.2) is 42.5 Å². The van der Waals surface area contributed by atoms with Gasteiger partial charge in [-0.2, -0.15) is 13.2 Å². The van der Waals surface area contributed by atoms with Crippen LogP contribution in [0.1, 0.15) is 15.9 Å². The molecule has 0 saturated carbocycles. The van der Waals surface area contributed by atoms with Crippen molar-refractivity contribution in [3.63, 3.8) is 0 Å². The largest absolute Gasteiger partial charge is 0.496 e. The first kappa shape index (κ1) is 15.9. The smallest absolute Gasteiger partial charge is 0.416 e. The van der Waals surface area contributed by atoms with Crippen LogP contribution < -0.4 is 4.74 Å². The highest BCUT2D eigenvalue weighted by molar-refractivity contribution is 5.93. The normalized spacial score (nSPS) is 11.1. The van der Waals surface area contributed by atoms with E-state index in [0.29, 0.717) is 11.1 Å². The summed E-state index contributed by atoms with van der Waals surface area (Å²) in [5.74, 6) is -0.339. The lowest BCUT2D eigenvalue weighted by Gasteiger charge is -2.11. The highest BCUT2D eigenvalue weighted by Crippen LogP contribution is 2.33. The lowest BCUT2D eigenvalue weighted by Crippen LogP contribution is -2.05. The summed E-state index contributed by atoms with van der Waals surface area (Å²) >= 11 is 0. The van der Waals surface area contributed by atoms with Crippen molar-refractivity contribution < 1.29 is 27.4 Å². The van der Waals surface area contributed by atoms with E-state index in [2.05, 4.69) is 4.74 Å². The molecule has 0 unspecified atom stereocenters. The van der Waals surface area contributed by atoms with Gasteiger partial charge in [0.2, 0.25) is 0 Å². The molecular weight excluding hydrogens is 297 g/mol. The number of rotatable bonds is 3. The Balaban J connectivity index is 2.48. The van der Waals surface area contributed by atoms with Gasteiger partial charge in [0.25, 0.3) is 0 Å². The first-order valence-corrected chi connectivity index (χ1v) is 6.31. The predicted molar refractivity (Wildman–Crippen MR) is 74.8 cm³/mol. The van der Waals surface area contributed by atoms with Gasteiger partial charge in [-0.25, -0.2) is 4.79 Å². The molecule has 116 valence electrons. The van der Waals surface area contributed by atoms with Crippen LogP contribution in [0.2, 0.25) is 0 Å². The molecule has 0 aromatic heterocycles. The summed E-state index contributed by atoms with van der Waals surface area (Å²) in [6.45, 7) is 0. The van der Waals surface area contributed by atoms with Gasteiger partial charge in [-0.3, -0.25) is 0 Å². The number of halogens is 3. The van der Waals surface area contributed by atoms with Gasteiger partial charge in [-0.15, -0.1) is 0 Å². The van der Waals surface area contributed by atoms with E-state index >= 15 is 0 Å². The second kappa shape index (κ2) is 6.09. The van der Waals surface area contributed by atoms with E-state index in [1.165, 1.54) is 32.4 Å². The lowest BCUT2D eigenvalue weighted by molar-refractivity contribution is -0.137. The Labute approximate surface area is 125 Å². The van der Waals surface area contributed by atoms with Crippen LogP contribution in [-0.4, -0.2) is 20.2 Å². The van der Waals surface area contributed by atoms with Crippen molar-refractivity contribution in [2.75, 3.05) is 14.2 Å². The SMILES string of the molecule is COC(=O)c1ccc(-c2cccc(C(F)(F)F)c2)cc1OC. The molecule has 6 heteroatoms. The van der Waals surface area contributed by atoms with E-state index in [-0.39, 0.29) is 11.3 Å². The number of benzene rings is 2. The minimum absolute atomic E-state index is 0.209. The third-order valence-corrected chi connectivity index (χ3v) is 3.13. The zero-order valence-electron chi connectivity index (χ0n) is 11.9. The number of alkyl halides is 3. The topological polar surface area (TPSA) is 35.5 Å². The van der Waals surface area contributed by atoms with Crippen molar-refractivity contribution in [1.82, 2.24) is 0 Å². The molecule has 2 aromatic carbocycles. The molecule has 0 spiro atoms. The third-order valence-electron chi connectivity index (χ3n) is 3.13. The van der Waals surface area contributed by atoms with E-state index in [9.17, 15) is 18.0 Å². The molecule has 2 rings (SSSR count). The number of hydrogen-bond acceptors (Lipinski definition) is 3. The molecule has 0 atom stereocenters. The predicted octanol–water partition coefficient (Wildman–Crippen LogP) is 4.17. The van der Waals surface area contributed by atoms with Crippen LogP contribution in [0.25, 0.3) is 11.1 Å². The van der Waals surface area contributed by atoms with Gasteiger partial charge >= 0.3 is 12.1 Å². The Kier molecular flexibility index (Phi) is 4.40. The molecule has 3 nitrogen and oxygen atoms in total. The van der Waals surface area contributed by atoms with Gasteiger partial charge in [0.05, 0.1) is 19.8 Å². The van der Waals surface area contributed by atoms with Crippen molar-refractivity contribution in [2.45, 2.75) is 6.18 Å². The van der Waals surface area contributed by atoms with Crippen molar-refractivity contribution >= 4 is 5.97 Å². The van der Waals surface area contributed by atoms with Gasteiger partial charge in [0.15, 0.2) is 0 Å². The van der Waals surface area contributed by atoms with Crippen molar-refractivity contribution in [2.24, 2.45) is 0 Å². The fraction of sp³-hybridized carbons (Fsp3) is 0.188. The van der Waals surface area contributed by atoms with Gasteiger partial charge in [-0.05, 0) is 35.4 Å². The molecule has 0 aliphatic heterocycles. The molecule has 0 heterocycles. The average Bonchev–Trinajstić information content (AvgIpc) is 2.52. The maximum absolute atomic E-state index is 12.8. The highest BCUT2D eigenvalue weighted by Gasteiger charge is 2.30. The molecule has 0 radical (unpaired) electrons. The van der Waals surface area contributed by atoms with E-state index in [1.54, 1.807) is 12.1 Å². The van der Waals surface area contributed by atoms with Gasteiger partial charge in [-0.1, -0.05) is 18.2 Å². The summed E-state index contributed by atoms with van der Waals surface area (Å²) in [5.41, 5.74) is 0.363. The molecule has 0 fully saturated rings. The zero-order valence-corrected chi connectivity index (χ0v) is 11.9. The fourth-order valence-electron chi connectivity index (χ4n) is 2.02. The van der Waals surface area contributed by atoms with Crippen LogP contribution in [0.4, 0.5) is 13.2 Å². The number of carbonyl (C=O) groups excluding carboxylic acids is 1. The molecule has 22 heavy (non-hydrogen) atoms. The van der Waals surface area contributed by atoms with Gasteiger partial charge in [0, 0.05) is 0 Å². The molecule has 0 amide bonds. The van der Waals surface area contributed by atoms with Crippen LogP contribution >= 0.6 is 0 Å². The first-order chi connectivity index (χ1) is 10.4. The molecule has 2 aromatic rings. The Bertz CT molecular complexity index is 693. The number of methoxy groups -OCH3 is 2. The summed E-state index contributed by atoms with van der Waals surface area (Å²) in [7, 11) is 2.61. The van der Waals surface area contributed by atoms with Crippen LogP contribution in [-0.2, 0) is 10.9 Å². The molecular formula is C16H13F3O3. The second-order valence-electron chi connectivity index (χ2n) is 4.49. The number of hydrogen-bond donors (Lipinski definition) is 0. The fourth-order valence-corrected chi connectivity index (χ4v) is 2.02. The minimum atomic E-state index is -4.41. The Morgan fingerprint density at radius 2 is 1.68 bits per heavy atom. The second-order valence-corrected chi connectivity index (χ2v) is 4.49. The van der Waals surface area contributed by atoms with Crippen molar-refractivity contribution in [1.29, 1.82) is 0 Å². The van der Waals surface area contributed by atoms with Crippen molar-refractivity contribution in [3.8, 4) is 16.9 Å². The van der Waals surface area contributed by atoms with E-state index in [0.717, 1.165) is 12.1 Å². The maximum Gasteiger partial charge on any atom is 0.416 e. The van der Waals surface area contributed by atoms with E-state index in [4.69, 9.17) is 4.74 Å². The van der Waals surface area contributed by atoms with Gasteiger partial charge in [0.1, 0.15) is 11.3 Å². The monoisotopic (exact) mass is 310 g/mol. The average molecular weight is 310 g/mol. The van der Waals surface area contributed by atoms with Crippen LogP contribution in [0.3, 0.4) is 0 Å². The summed E-state index contributed by atoms with van der Waals surface area (Å²) in [6, 6.07) is 9.45. The molecule has 0 saturated heterocycles. The van der Waals surface area contributed by atoms with Crippen LogP contribution in [0.5, 0.6) is 5.75 Å². The molecule has 0 bridgehead atoms. The highest BCUT2D eigenvalue weighted by atomic mass is 19.4. The Morgan fingerprint density at radius 1 is 1.00 bits per heavy atom. The summed E-state index contributed by atoms with van der Waals surface area (Å²) in [6.07, 6.45) is -4.41. The molecule has 0 aliphatic rings. The summed E-state index contributed by atoms with van der Waals surface area (Å²) in [5, 5.41) is 0. The third kappa shape index (κ3) is 3.21. The standard InChI is InChI=1S/C16H13F3O3/c1-21-14-9-11(6-7-13(14)15(20)22-2)10-4-3-5-12(8-10)16(17,18)19/h3-9H,1-2H3. The Hall–Kier alpha value is -2.50. The van der Waals surface area contributed by atoms with E-state index < -0.39 is 17.7 Å². The van der Waals surface area contributed by atoms with E-state index in [1.807, 2.05) is 0 Å². The summed E-state index contributed by atoms with van der Waals surface area (Å²) < 4.78 is 48.0. The first-order valence-electron chi connectivity index (χ1n) is 6.31. The minimum Gasteiger partial charge on any atom is -0.496 e. The lowest BCUT2D eigenvalue weighted by atomic mass is 10.0.